The van der Waals surface area contributed by atoms with Crippen LogP contribution in [0.25, 0.3) is 0 Å². The fourth-order valence-electron chi connectivity index (χ4n) is 19.0. The number of ether oxygens (including phenoxy) is 23. The largest absolute Gasteiger partial charge is 0.394 e. The number of aliphatic hydroxyl groups excluding tert-OH is 30. The van der Waals surface area contributed by atoms with Gasteiger partial charge in [0.1, 0.15) is 274 Å². The molecule has 0 aromatic carbocycles. The van der Waals surface area contributed by atoms with Crippen molar-refractivity contribution in [2.75, 3.05) is 59.5 Å². The Morgan fingerprint density at radius 3 is 0.910 bits per heavy atom. The quantitative estimate of drug-likeness (QED) is 0.0277. The zero-order valence-corrected chi connectivity index (χ0v) is 78.9. The molecule has 0 radical (unpaired) electrons. The molecule has 1 unspecified atom stereocenters. The van der Waals surface area contributed by atoms with Crippen LogP contribution in [0.1, 0.15) is 55.4 Å². The maximum Gasteiger partial charge on any atom is 0.217 e. The molecule has 12 fully saturated rings. The van der Waals surface area contributed by atoms with E-state index in [4.69, 9.17) is 109 Å². The van der Waals surface area contributed by atoms with Gasteiger partial charge in [-0.05, 0) is 20.8 Å². The third kappa shape index (κ3) is 26.4. The van der Waals surface area contributed by atoms with Crippen LogP contribution in [0.2, 0.25) is 0 Å². The number of aliphatic hydroxyl groups is 30. The van der Waals surface area contributed by atoms with Gasteiger partial charge in [-0.3, -0.25) is 24.0 Å². The zero-order valence-electron chi connectivity index (χ0n) is 78.9. The van der Waals surface area contributed by atoms with Crippen LogP contribution in [0.15, 0.2) is 0 Å². The van der Waals surface area contributed by atoms with Gasteiger partial charge in [0, 0.05) is 34.6 Å². The monoisotopic (exact) mass is 2120 g/mol. The van der Waals surface area contributed by atoms with Crippen LogP contribution in [0.4, 0.5) is 0 Å². The smallest absolute Gasteiger partial charge is 0.217 e. The van der Waals surface area contributed by atoms with Crippen molar-refractivity contribution < 1.29 is 286 Å². The lowest BCUT2D eigenvalue weighted by atomic mass is 9.93. The predicted molar refractivity (Wildman–Crippen MR) is 449 cm³/mol. The highest BCUT2D eigenvalue weighted by Crippen LogP contribution is 2.44. The Labute approximate surface area is 822 Å². The van der Waals surface area contributed by atoms with E-state index in [2.05, 4.69) is 26.6 Å². The summed E-state index contributed by atoms with van der Waals surface area (Å²) in [6.45, 7) is -2.42. The molecule has 0 aromatic heterocycles. The van der Waals surface area contributed by atoms with Crippen LogP contribution in [-0.4, -0.2) is 610 Å². The molecule has 12 heterocycles. The molecular weight excluding hydrogens is 1980 g/mol. The number of rotatable bonds is 36. The fraction of sp³-hybridized carbons (Fsp3) is 0.939. The summed E-state index contributed by atoms with van der Waals surface area (Å²) in [6.07, 6.45) is -118. The SMILES string of the molecule is CC(=O)N[C@H]1[C@H](O[C@H]2[C@H](O)[C@@H](NC(C)=O)C(O)O[C@@H]2CO[C@@H]2O[C@@H](C)[C@@H](O)[C@@H](O)[C@@H]2O)O[C@H](CO)[C@@H](O[C@@H]2O[C@H](CO[C@H]3O[C@H](CO)[C@@H](O)[C@H](O)[C@@H]3O[C@@H]3O[C@H](CO)[C@@H](O)[C@H](O)[C@H]3NC(C)=O)[C@@H](O)[C@H](O[C@H]3O[C@H](CO)[C@@H](O)[C@H](O)[C@@H]3O[C@@H]3O[C@H](CO)[C@@H](O[C@@H]4O[C@H](CO)[C@H](O)[C@H](O[C@H]5O[C@H](CO)[C@H](O)[C@H](O)[C@H]5NC(C)=O)[C@H]4O[C@@H]4O[C@@H](C)[C@@H](O)[C@@H](O)[C@@H]4O)[C@H](O[C@@H]4O[C@@H](C)[C@@H](O)[C@@H](O)[C@@H]4O)[C@H]3NC(C)=O)[C@@H]2O)[C@@H]1O. The van der Waals surface area contributed by atoms with Gasteiger partial charge in [-0.1, -0.05) is 0 Å². The topological polar surface area (TPSA) is 965 Å². The van der Waals surface area contributed by atoms with Crippen molar-refractivity contribution in [2.45, 2.75) is 424 Å². The van der Waals surface area contributed by atoms with Crippen LogP contribution in [-0.2, 0) is 133 Å². The number of amides is 5. The molecule has 5 amide bonds. The second-order valence-electron chi connectivity index (χ2n) is 37.3. The Hall–Kier alpha value is -4.77. The first-order valence-electron chi connectivity index (χ1n) is 46.7. The van der Waals surface area contributed by atoms with E-state index in [1.165, 1.54) is 20.8 Å². The van der Waals surface area contributed by atoms with Gasteiger partial charge < -0.3 is 289 Å². The number of nitrogens with one attached hydrogen (secondary N) is 5. The van der Waals surface area contributed by atoms with Gasteiger partial charge >= 0.3 is 0 Å². The molecule has 63 nitrogen and oxygen atoms in total. The number of hydrogen-bond acceptors (Lipinski definition) is 58. The number of carbonyl (C=O) groups is 5. The van der Waals surface area contributed by atoms with Crippen molar-refractivity contribution in [3.05, 3.63) is 0 Å². The first-order valence-corrected chi connectivity index (χ1v) is 46.7. The summed E-state index contributed by atoms with van der Waals surface area (Å²) >= 11 is 0. The van der Waals surface area contributed by atoms with Crippen LogP contribution in [0.3, 0.4) is 0 Å². The van der Waals surface area contributed by atoms with E-state index >= 15 is 0 Å². The normalized spacial score (nSPS) is 50.1. The Kier molecular flexibility index (Phi) is 42.2. The van der Waals surface area contributed by atoms with Gasteiger partial charge in [0.25, 0.3) is 0 Å². The lowest BCUT2D eigenvalue weighted by Gasteiger charge is -2.53. The van der Waals surface area contributed by atoms with Gasteiger partial charge in [0.2, 0.25) is 29.5 Å². The molecule has 12 rings (SSSR count). The summed E-state index contributed by atoms with van der Waals surface area (Å²) in [5.74, 6) is -4.85. The van der Waals surface area contributed by atoms with E-state index in [9.17, 15) is 177 Å². The molecular formula is C82H137N5O58. The first-order chi connectivity index (χ1) is 68.5. The highest BCUT2D eigenvalue weighted by molar-refractivity contribution is 5.75. The summed E-state index contributed by atoms with van der Waals surface area (Å²) in [6, 6.07) is -9.84. The zero-order chi connectivity index (χ0) is 107. The molecule has 35 N–H and O–H groups in total. The Morgan fingerprint density at radius 1 is 0.193 bits per heavy atom. The Balaban J connectivity index is 0.924. The van der Waals surface area contributed by atoms with Gasteiger partial charge in [-0.15, -0.1) is 0 Å². The molecule has 838 valence electrons. The third-order valence-corrected chi connectivity index (χ3v) is 27.0. The van der Waals surface area contributed by atoms with Crippen LogP contribution in [0.5, 0.6) is 0 Å². The lowest BCUT2D eigenvalue weighted by Crippen LogP contribution is -2.72. The molecule has 0 saturated carbocycles. The standard InChI is InChI=1S/C82H137N5O58/c1-18-40(100)53(113)58(118)76(125-18)123-17-34-63(51(111)35(71(122)128-34)83-21(4)95)137-74-38(86-24(7)98)52(112)62(31(14-93)134-74)138-79-61(121)66(48(108)33(136-79)16-124-80-68(56(116)45(105)28(11-90)131-80)143-73-37(85-23(6)97)50(110)44(104)27(10-89)130-73)141-81-69(57(117)46(106)29(12-91)132-81)144-75-39(87-25(8)99)65(140-77-59(119)54(114)41(101)19(2)126-77)64(32(15-94)135-75)139-82-70(145-78-60(120)55(115)42(102)20(3)127-78)67(47(107)30(13-92)133-82)142-72-36(84-22(5)96)49(109)43(103)26(9-88)129-72/h18-20,26-82,88-94,100-122H,9-17H2,1-8H3,(H,83,95)(H,84,96)(H,85,97)(H,86,98)(H,87,99)/t18-,19-,20-,26+,27+,28+,29+,30+,31+,32+,33+,34+,35+,36+,37+,38+,39+,40+,41+,42+,43-,44+,45+,46+,47-,48+,49+,50+,51+,52+,53+,54+,55+,56-,57-,58-,59-,60-,61-,62+,63+,64+,65+,66-,67-,68-,69-,70+,71?,72+,73-,74-,75-,76+,77-,78-,79-,80-,81+,82-/m0/s1. The highest BCUT2D eigenvalue weighted by atomic mass is 16.8. The van der Waals surface area contributed by atoms with E-state index in [0.717, 1.165) is 34.6 Å². The van der Waals surface area contributed by atoms with E-state index in [0.29, 0.717) is 0 Å². The second kappa shape index (κ2) is 51.5. The molecule has 0 aliphatic carbocycles. The van der Waals surface area contributed by atoms with Gasteiger partial charge in [-0.25, -0.2) is 0 Å². The van der Waals surface area contributed by atoms with Crippen molar-refractivity contribution in [2.24, 2.45) is 0 Å². The predicted octanol–water partition coefficient (Wildman–Crippen LogP) is -23.4. The van der Waals surface area contributed by atoms with E-state index in [1.54, 1.807) is 0 Å². The fourth-order valence-corrected chi connectivity index (χ4v) is 19.0. The van der Waals surface area contributed by atoms with Crippen molar-refractivity contribution in [1.82, 2.24) is 26.6 Å². The molecule has 0 spiro atoms. The summed E-state index contributed by atoms with van der Waals surface area (Å²) in [5, 5.41) is 355. The van der Waals surface area contributed by atoms with Crippen molar-refractivity contribution >= 4 is 29.5 Å². The molecule has 60 atom stereocenters. The minimum Gasteiger partial charge on any atom is -0.394 e. The molecule has 12 aliphatic heterocycles. The van der Waals surface area contributed by atoms with Crippen molar-refractivity contribution in [3.8, 4) is 0 Å². The summed E-state index contributed by atoms with van der Waals surface area (Å²) in [4.78, 5) is 65.5. The van der Waals surface area contributed by atoms with Crippen LogP contribution >= 0.6 is 0 Å². The van der Waals surface area contributed by atoms with E-state index < -0.39 is 457 Å². The van der Waals surface area contributed by atoms with Gasteiger partial charge in [0.05, 0.1) is 77.8 Å². The van der Waals surface area contributed by atoms with Gasteiger partial charge in [-0.2, -0.15) is 0 Å². The highest BCUT2D eigenvalue weighted by Gasteiger charge is 2.64. The summed E-state index contributed by atoms with van der Waals surface area (Å²) < 4.78 is 141. The van der Waals surface area contributed by atoms with Crippen LogP contribution < -0.4 is 26.6 Å². The average Bonchev–Trinajstić information content (AvgIpc) is 0.754. The average molecular weight is 2120 g/mol. The number of carbonyl (C=O) groups excluding carboxylic acids is 5. The maximum atomic E-state index is 14.1. The molecule has 12 saturated heterocycles. The summed E-state index contributed by atoms with van der Waals surface area (Å²) in [5.41, 5.74) is 0. The minimum atomic E-state index is -2.73. The van der Waals surface area contributed by atoms with E-state index in [1.807, 2.05) is 0 Å². The van der Waals surface area contributed by atoms with Crippen molar-refractivity contribution in [3.63, 3.8) is 0 Å². The molecule has 0 bridgehead atoms. The Morgan fingerprint density at radius 2 is 0.462 bits per heavy atom. The lowest BCUT2D eigenvalue weighted by molar-refractivity contribution is -0.413. The minimum absolute atomic E-state index is 0.844. The second-order valence-corrected chi connectivity index (χ2v) is 37.3. The first kappa shape index (κ1) is 119. The van der Waals surface area contributed by atoms with Gasteiger partial charge in [0.15, 0.2) is 75.5 Å². The molecule has 145 heavy (non-hydrogen) atoms. The van der Waals surface area contributed by atoms with Crippen molar-refractivity contribution in [1.29, 1.82) is 0 Å². The molecule has 63 heteroatoms. The Bertz CT molecular complexity index is 4070. The molecule has 0 aromatic rings. The summed E-state index contributed by atoms with van der Waals surface area (Å²) in [7, 11) is 0. The molecule has 12 aliphatic rings. The number of hydrogen-bond donors (Lipinski definition) is 35. The van der Waals surface area contributed by atoms with E-state index in [-0.39, 0.29) is 0 Å². The maximum absolute atomic E-state index is 14.1. The third-order valence-electron chi connectivity index (χ3n) is 27.0. The van der Waals surface area contributed by atoms with Crippen LogP contribution in [0, 0.1) is 0 Å².